The largest absolute Gasteiger partial charge is 0.354 e. The molecule has 0 atom stereocenters. The van der Waals surface area contributed by atoms with Crippen LogP contribution in [-0.4, -0.2) is 32.0 Å². The fraction of sp³-hybridized carbons (Fsp3) is 0.344. The zero-order valence-electron chi connectivity index (χ0n) is 23.3. The minimum atomic E-state index is -0.795. The summed E-state index contributed by atoms with van der Waals surface area (Å²) in [5, 5.41) is 3.58. The summed E-state index contributed by atoms with van der Waals surface area (Å²) in [4.78, 5) is 39.0. The Balaban J connectivity index is 1.23. The number of hydrogen-bond acceptors (Lipinski definition) is 6. The lowest BCUT2D eigenvalue weighted by Gasteiger charge is -2.23. The maximum absolute atomic E-state index is 13.5. The molecule has 10 heteroatoms. The van der Waals surface area contributed by atoms with Crippen molar-refractivity contribution in [2.75, 3.05) is 6.54 Å². The fourth-order valence-electron chi connectivity index (χ4n) is 4.90. The number of rotatable bonds is 14. The van der Waals surface area contributed by atoms with Crippen molar-refractivity contribution in [3.05, 3.63) is 118 Å². The number of carbonyl (C=O) groups is 1. The van der Waals surface area contributed by atoms with Crippen LogP contribution in [-0.2, 0) is 28.9 Å². The highest BCUT2D eigenvalue weighted by molar-refractivity contribution is 7.98. The topological polar surface area (TPSA) is 89.8 Å². The smallest absolute Gasteiger partial charge is 0.277 e. The summed E-state index contributed by atoms with van der Waals surface area (Å²) in [6, 6.07) is 12.8. The van der Waals surface area contributed by atoms with Gasteiger partial charge < -0.3 is 9.88 Å². The molecule has 2 heterocycles. The average molecular weight is 590 g/mol. The third-order valence-electron chi connectivity index (χ3n) is 7.45. The number of thioether (sulfide) groups is 1. The van der Waals surface area contributed by atoms with Gasteiger partial charge in [0.15, 0.2) is 5.16 Å². The van der Waals surface area contributed by atoms with Gasteiger partial charge in [-0.25, -0.2) is 18.7 Å². The van der Waals surface area contributed by atoms with Crippen LogP contribution in [0.3, 0.4) is 0 Å². The molecule has 2 aromatic carbocycles. The molecule has 7 nitrogen and oxygen atoms in total. The first-order chi connectivity index (χ1) is 20.4. The molecule has 1 fully saturated rings. The second-order valence-electron chi connectivity index (χ2n) is 10.6. The van der Waals surface area contributed by atoms with Gasteiger partial charge in [-0.15, -0.1) is 0 Å². The van der Waals surface area contributed by atoms with Gasteiger partial charge in [-0.2, -0.15) is 4.98 Å². The minimum Gasteiger partial charge on any atom is -0.354 e. The summed E-state index contributed by atoms with van der Waals surface area (Å²) in [7, 11) is 0. The first kappa shape index (κ1) is 29.6. The maximum atomic E-state index is 13.5. The summed E-state index contributed by atoms with van der Waals surface area (Å²) in [5.41, 5.74) is 2.12. The molecule has 2 aromatic heterocycles. The molecular formula is C32H33F2N5O2S. The van der Waals surface area contributed by atoms with Crippen molar-refractivity contribution >= 4 is 17.7 Å². The average Bonchev–Trinajstić information content (AvgIpc) is 3.81. The zero-order valence-corrected chi connectivity index (χ0v) is 24.1. The summed E-state index contributed by atoms with van der Waals surface area (Å²) >= 11 is 1.36. The molecule has 42 heavy (non-hydrogen) atoms. The number of halogens is 2. The van der Waals surface area contributed by atoms with Crippen molar-refractivity contribution < 1.29 is 13.6 Å². The van der Waals surface area contributed by atoms with Crippen LogP contribution >= 0.6 is 11.8 Å². The lowest BCUT2D eigenvalue weighted by molar-refractivity contribution is -0.125. The Morgan fingerprint density at radius 1 is 0.881 bits per heavy atom. The van der Waals surface area contributed by atoms with E-state index in [9.17, 15) is 18.4 Å². The van der Waals surface area contributed by atoms with E-state index >= 15 is 0 Å². The van der Waals surface area contributed by atoms with Crippen molar-refractivity contribution in [1.82, 2.24) is 24.8 Å². The van der Waals surface area contributed by atoms with Gasteiger partial charge in [-0.05, 0) is 73.1 Å². The van der Waals surface area contributed by atoms with E-state index in [-0.39, 0.29) is 23.1 Å². The van der Waals surface area contributed by atoms with Crippen LogP contribution in [0.25, 0.3) is 0 Å². The third-order valence-corrected chi connectivity index (χ3v) is 8.48. The number of nitrogens with zero attached hydrogens (tertiary/aromatic N) is 4. The molecule has 0 spiro atoms. The van der Waals surface area contributed by atoms with E-state index in [0.717, 1.165) is 48.8 Å². The predicted octanol–water partition coefficient (Wildman–Crippen LogP) is 5.60. The molecule has 1 aliphatic carbocycles. The van der Waals surface area contributed by atoms with E-state index < -0.39 is 5.54 Å². The lowest BCUT2D eigenvalue weighted by atomic mass is 10.1. The quantitative estimate of drug-likeness (QED) is 0.117. The normalized spacial score (nSPS) is 13.6. The van der Waals surface area contributed by atoms with Crippen molar-refractivity contribution in [3.63, 3.8) is 0 Å². The molecule has 0 saturated heterocycles. The van der Waals surface area contributed by atoms with Gasteiger partial charge in [0.05, 0.1) is 0 Å². The molecule has 5 rings (SSSR count). The zero-order chi connectivity index (χ0) is 29.4. The summed E-state index contributed by atoms with van der Waals surface area (Å²) in [6.45, 7) is 0.566. The van der Waals surface area contributed by atoms with Crippen LogP contribution in [0.5, 0.6) is 0 Å². The number of aromatic nitrogens is 4. The number of nitrogens with one attached hydrogen (secondary N) is 1. The molecule has 0 bridgehead atoms. The van der Waals surface area contributed by atoms with E-state index in [4.69, 9.17) is 0 Å². The number of aryl methyl sites for hydroxylation is 1. The molecule has 1 aliphatic rings. The first-order valence-corrected chi connectivity index (χ1v) is 15.2. The molecule has 0 unspecified atom stereocenters. The molecule has 4 aromatic rings. The third kappa shape index (κ3) is 7.67. The van der Waals surface area contributed by atoms with Gasteiger partial charge in [-0.3, -0.25) is 9.59 Å². The number of hydrogen-bond donors (Lipinski definition) is 1. The highest BCUT2D eigenvalue weighted by atomic mass is 32.2. The highest BCUT2D eigenvalue weighted by Gasteiger charge is 2.52. The van der Waals surface area contributed by atoms with Crippen LogP contribution in [0.15, 0.2) is 83.4 Å². The maximum Gasteiger partial charge on any atom is 0.277 e. The predicted molar refractivity (Wildman–Crippen MR) is 158 cm³/mol. The van der Waals surface area contributed by atoms with E-state index in [1.165, 1.54) is 42.4 Å². The molecule has 1 saturated carbocycles. The lowest BCUT2D eigenvalue weighted by Crippen LogP contribution is -2.41. The summed E-state index contributed by atoms with van der Waals surface area (Å²) < 4.78 is 28.3. The molecule has 0 aliphatic heterocycles. The van der Waals surface area contributed by atoms with Gasteiger partial charge in [-0.1, -0.05) is 48.9 Å². The molecule has 218 valence electrons. The first-order valence-electron chi connectivity index (χ1n) is 14.2. The Labute approximate surface area is 247 Å². The molecule has 1 amide bonds. The van der Waals surface area contributed by atoms with Crippen LogP contribution in [0, 0.1) is 11.6 Å². The second kappa shape index (κ2) is 13.8. The van der Waals surface area contributed by atoms with Crippen LogP contribution in [0.4, 0.5) is 8.78 Å². The summed E-state index contributed by atoms with van der Waals surface area (Å²) in [5.74, 6) is -0.123. The molecular weight excluding hydrogens is 556 g/mol. The Morgan fingerprint density at radius 3 is 2.19 bits per heavy atom. The van der Waals surface area contributed by atoms with E-state index in [1.54, 1.807) is 30.7 Å². The summed E-state index contributed by atoms with van der Waals surface area (Å²) in [6.07, 6.45) is 12.9. The number of benzene rings is 2. The van der Waals surface area contributed by atoms with Crippen molar-refractivity contribution in [2.24, 2.45) is 0 Å². The Morgan fingerprint density at radius 2 is 1.52 bits per heavy atom. The van der Waals surface area contributed by atoms with E-state index in [2.05, 4.69) is 20.3 Å². The Hall–Kier alpha value is -3.92. The fourth-order valence-corrected chi connectivity index (χ4v) is 5.90. The van der Waals surface area contributed by atoms with Crippen molar-refractivity contribution in [2.45, 2.75) is 67.8 Å². The van der Waals surface area contributed by atoms with Gasteiger partial charge >= 0.3 is 0 Å². The highest BCUT2D eigenvalue weighted by Crippen LogP contribution is 2.46. The van der Waals surface area contributed by atoms with Gasteiger partial charge in [0.2, 0.25) is 5.91 Å². The van der Waals surface area contributed by atoms with Crippen molar-refractivity contribution in [3.8, 4) is 0 Å². The van der Waals surface area contributed by atoms with E-state index in [0.29, 0.717) is 42.3 Å². The van der Waals surface area contributed by atoms with E-state index in [1.807, 2.05) is 16.7 Å². The second-order valence-corrected chi connectivity index (χ2v) is 11.6. The van der Waals surface area contributed by atoms with Gasteiger partial charge in [0.1, 0.15) is 23.5 Å². The number of amides is 1. The Bertz CT molecular complexity index is 1540. The van der Waals surface area contributed by atoms with Gasteiger partial charge in [0.25, 0.3) is 5.56 Å². The number of carbonyl (C=O) groups excluding carboxylic acids is 1. The Kier molecular flexibility index (Phi) is 9.74. The molecule has 0 radical (unpaired) electrons. The van der Waals surface area contributed by atoms with Crippen LogP contribution in [0.2, 0.25) is 0 Å². The van der Waals surface area contributed by atoms with Gasteiger partial charge in [0, 0.05) is 42.9 Å². The minimum absolute atomic E-state index is 0.0723. The monoisotopic (exact) mass is 589 g/mol. The standard InChI is InChI=1S/C32H33F2N5O2S/c33-27-10-6-23(7-11-27)5-3-1-2-4-16-37-30(41)32(14-15-32)39-20-26(17-25-18-35-22-36-19-25)29(40)38-31(39)42-21-24-8-12-28(34)13-9-24/h6-13,18-20,22H,1-5,14-17,21H2,(H,37,41). The molecule has 1 N–H and O–H groups in total. The van der Waals surface area contributed by atoms with Crippen LogP contribution in [0.1, 0.15) is 60.8 Å². The SMILES string of the molecule is O=C(NCCCCCCc1ccc(F)cc1)C1(n2cc(Cc3cncnc3)c(=O)nc2SCc2ccc(F)cc2)CC1. The van der Waals surface area contributed by atoms with Crippen molar-refractivity contribution in [1.29, 1.82) is 0 Å². The number of unbranched alkanes of at least 4 members (excludes halogenated alkanes) is 3. The van der Waals surface area contributed by atoms with Crippen LogP contribution < -0.4 is 10.9 Å².